The molecule has 2 aliphatic rings. The van der Waals surface area contributed by atoms with Gasteiger partial charge in [0.15, 0.2) is 0 Å². The van der Waals surface area contributed by atoms with Gasteiger partial charge in [-0.2, -0.15) is 5.26 Å². The zero-order chi connectivity index (χ0) is 14.6. The van der Waals surface area contributed by atoms with E-state index in [1.165, 1.54) is 0 Å². The van der Waals surface area contributed by atoms with E-state index in [4.69, 9.17) is 19.8 Å². The first-order valence-electron chi connectivity index (χ1n) is 7.53. The summed E-state index contributed by atoms with van der Waals surface area (Å²) < 4.78 is 13.5. The molecule has 0 amide bonds. The van der Waals surface area contributed by atoms with Crippen LogP contribution in [0, 0.1) is 17.2 Å². The van der Waals surface area contributed by atoms with Crippen LogP contribution in [0.5, 0.6) is 0 Å². The molecule has 114 valence electrons. The molecule has 2 rings (SSSR count). The van der Waals surface area contributed by atoms with Crippen LogP contribution >= 0.6 is 22.6 Å². The lowest BCUT2D eigenvalue weighted by Gasteiger charge is -2.41. The molecule has 2 aliphatic heterocycles. The fourth-order valence-electron chi connectivity index (χ4n) is 3.38. The summed E-state index contributed by atoms with van der Waals surface area (Å²) in [7, 11) is 0. The molecule has 2 heterocycles. The third-order valence-electron chi connectivity index (χ3n) is 4.42. The Hall–Kier alpha value is 0.1000. The molecule has 0 saturated carbocycles. The minimum absolute atomic E-state index is 0.0512. The van der Waals surface area contributed by atoms with E-state index in [0.717, 1.165) is 43.0 Å². The molecule has 0 aromatic carbocycles. The van der Waals surface area contributed by atoms with Gasteiger partial charge in [-0.15, -0.1) is 0 Å². The van der Waals surface area contributed by atoms with E-state index in [-0.39, 0.29) is 36.4 Å². The van der Waals surface area contributed by atoms with Gasteiger partial charge in [-0.1, -0.05) is 22.6 Å². The van der Waals surface area contributed by atoms with Crippen molar-refractivity contribution in [1.82, 2.24) is 0 Å². The third kappa shape index (κ3) is 3.65. The molecule has 0 aliphatic carbocycles. The van der Waals surface area contributed by atoms with Gasteiger partial charge < -0.3 is 14.6 Å². The van der Waals surface area contributed by atoms with Crippen molar-refractivity contribution in [3.05, 3.63) is 0 Å². The van der Waals surface area contributed by atoms with Gasteiger partial charge in [-0.05, 0) is 39.0 Å². The summed E-state index contributed by atoms with van der Waals surface area (Å²) >= 11 is 2.40. The molecular formula is C15H24INO3. The molecule has 0 bridgehead atoms. The molecule has 0 radical (unpaired) electrons. The highest BCUT2D eigenvalue weighted by molar-refractivity contribution is 14.1. The lowest BCUT2D eigenvalue weighted by molar-refractivity contribution is -0.155. The molecule has 0 spiro atoms. The molecule has 0 aromatic heterocycles. The van der Waals surface area contributed by atoms with E-state index in [2.05, 4.69) is 28.7 Å². The molecule has 2 saturated heterocycles. The first-order valence-corrected chi connectivity index (χ1v) is 9.06. The fraction of sp³-hybridized carbons (Fsp3) is 0.933. The van der Waals surface area contributed by atoms with Crippen LogP contribution in [0.25, 0.3) is 0 Å². The normalized spacial score (nSPS) is 38.2. The Labute approximate surface area is 135 Å². The number of nitrogens with zero attached hydrogens (tertiary/aromatic N) is 1. The maximum absolute atomic E-state index is 8.96. The number of alkyl halides is 1. The van der Waals surface area contributed by atoms with Crippen molar-refractivity contribution in [3.63, 3.8) is 0 Å². The molecule has 1 N–H and O–H groups in total. The number of rotatable bonds is 6. The van der Waals surface area contributed by atoms with Gasteiger partial charge in [0.2, 0.25) is 0 Å². The topological polar surface area (TPSA) is 62.5 Å². The smallest absolute Gasteiger partial charge is 0.106 e. The van der Waals surface area contributed by atoms with Crippen LogP contribution < -0.4 is 0 Å². The second-order valence-electron chi connectivity index (χ2n) is 6.10. The zero-order valence-corrected chi connectivity index (χ0v) is 14.2. The van der Waals surface area contributed by atoms with Crippen LogP contribution in [0.1, 0.15) is 45.4 Å². The Bertz CT molecular complexity index is 360. The van der Waals surface area contributed by atoms with Crippen molar-refractivity contribution >= 4 is 22.6 Å². The molecule has 20 heavy (non-hydrogen) atoms. The van der Waals surface area contributed by atoms with Crippen molar-refractivity contribution in [1.29, 1.82) is 5.26 Å². The van der Waals surface area contributed by atoms with Crippen LogP contribution in [0.3, 0.4) is 0 Å². The molecule has 5 atom stereocenters. The number of hydrogen-bond donors (Lipinski definition) is 1. The second kappa shape index (κ2) is 7.39. The monoisotopic (exact) mass is 393 g/mol. The lowest BCUT2D eigenvalue weighted by atomic mass is 9.86. The number of nitriles is 1. The highest BCUT2D eigenvalue weighted by Gasteiger charge is 2.52. The minimum atomic E-state index is -0.168. The van der Waals surface area contributed by atoms with Gasteiger partial charge in [-0.3, -0.25) is 0 Å². The average Bonchev–Trinajstić information content (AvgIpc) is 2.83. The number of fused-ring (bicyclic) bond motifs is 1. The van der Waals surface area contributed by atoms with Crippen LogP contribution in [0.4, 0.5) is 0 Å². The third-order valence-corrected chi connectivity index (χ3v) is 5.71. The summed E-state index contributed by atoms with van der Waals surface area (Å²) in [5.74, 6) is 0.0512. The minimum Gasteiger partial charge on any atom is -0.396 e. The van der Waals surface area contributed by atoms with Crippen LogP contribution in [-0.2, 0) is 9.47 Å². The Morgan fingerprint density at radius 2 is 2.25 bits per heavy atom. The summed E-state index contributed by atoms with van der Waals surface area (Å²) in [5, 5.41) is 17.9. The Morgan fingerprint density at radius 3 is 2.90 bits per heavy atom. The van der Waals surface area contributed by atoms with Gasteiger partial charge in [-0.25, -0.2) is 0 Å². The molecular weight excluding hydrogens is 369 g/mol. The molecule has 1 unspecified atom stereocenters. The van der Waals surface area contributed by atoms with Gasteiger partial charge in [0.25, 0.3) is 0 Å². The standard InChI is InChI=1S/C15H24INO3/c1-11(9-17)7-12-4-5-14-15(10-16,20-12)8-13(19-14)3-2-6-18/h11-14,18H,2-8,10H2,1H3/t11-,12-,13+,14+,15?/m1/s1. The lowest BCUT2D eigenvalue weighted by Crippen LogP contribution is -2.50. The van der Waals surface area contributed by atoms with Gasteiger partial charge >= 0.3 is 0 Å². The number of aliphatic hydroxyl groups excluding tert-OH is 1. The van der Waals surface area contributed by atoms with E-state index in [0.29, 0.717) is 0 Å². The predicted molar refractivity (Wildman–Crippen MR) is 84.7 cm³/mol. The van der Waals surface area contributed by atoms with Crippen molar-refractivity contribution in [3.8, 4) is 6.07 Å². The molecule has 4 nitrogen and oxygen atoms in total. The SMILES string of the molecule is C[C@@H](C#N)C[C@H]1CC[C@@H]2O[C@@H](CCCO)CC2(CI)O1. The summed E-state index contributed by atoms with van der Waals surface area (Å²) in [6.45, 7) is 2.19. The quantitative estimate of drug-likeness (QED) is 0.557. The van der Waals surface area contributed by atoms with Crippen molar-refractivity contribution in [2.24, 2.45) is 5.92 Å². The van der Waals surface area contributed by atoms with E-state index in [1.54, 1.807) is 0 Å². The summed E-state index contributed by atoms with van der Waals surface area (Å²) in [6, 6.07) is 2.30. The largest absolute Gasteiger partial charge is 0.396 e. The molecule has 5 heteroatoms. The summed E-state index contributed by atoms with van der Waals surface area (Å²) in [6.07, 6.45) is 6.07. The Morgan fingerprint density at radius 1 is 1.45 bits per heavy atom. The van der Waals surface area contributed by atoms with E-state index in [9.17, 15) is 0 Å². The van der Waals surface area contributed by atoms with Crippen LogP contribution in [0.2, 0.25) is 0 Å². The van der Waals surface area contributed by atoms with Crippen molar-refractivity contribution in [2.75, 3.05) is 11.0 Å². The number of ether oxygens (including phenoxy) is 2. The molecule has 2 fully saturated rings. The predicted octanol–water partition coefficient (Wildman–Crippen LogP) is 2.82. The maximum Gasteiger partial charge on any atom is 0.106 e. The average molecular weight is 393 g/mol. The number of hydrogen-bond acceptors (Lipinski definition) is 4. The first-order chi connectivity index (χ1) is 9.63. The maximum atomic E-state index is 8.96. The molecule has 0 aromatic rings. The van der Waals surface area contributed by atoms with Gasteiger partial charge in [0.1, 0.15) is 5.60 Å². The summed E-state index contributed by atoms with van der Waals surface area (Å²) in [5.41, 5.74) is -0.168. The van der Waals surface area contributed by atoms with Crippen molar-refractivity contribution in [2.45, 2.75) is 69.4 Å². The Kier molecular flexibility index (Phi) is 6.09. The highest BCUT2D eigenvalue weighted by Crippen LogP contribution is 2.44. The second-order valence-corrected chi connectivity index (χ2v) is 6.86. The van der Waals surface area contributed by atoms with Crippen LogP contribution in [0.15, 0.2) is 0 Å². The number of aliphatic hydroxyl groups is 1. The van der Waals surface area contributed by atoms with Gasteiger partial charge in [0, 0.05) is 23.4 Å². The highest BCUT2D eigenvalue weighted by atomic mass is 127. The zero-order valence-electron chi connectivity index (χ0n) is 12.1. The Balaban J connectivity index is 1.96. The first kappa shape index (κ1) is 16.5. The van der Waals surface area contributed by atoms with Crippen LogP contribution in [-0.4, -0.2) is 40.1 Å². The van der Waals surface area contributed by atoms with E-state index in [1.807, 2.05) is 6.92 Å². The summed E-state index contributed by atoms with van der Waals surface area (Å²) in [4.78, 5) is 0. The van der Waals surface area contributed by atoms with E-state index >= 15 is 0 Å². The number of halogens is 1. The fourth-order valence-corrected chi connectivity index (χ4v) is 4.36. The van der Waals surface area contributed by atoms with E-state index < -0.39 is 0 Å². The van der Waals surface area contributed by atoms with Gasteiger partial charge in [0.05, 0.1) is 24.4 Å². The van der Waals surface area contributed by atoms with Crippen molar-refractivity contribution < 1.29 is 14.6 Å².